The quantitative estimate of drug-likeness (QED) is 0.802. The van der Waals surface area contributed by atoms with Gasteiger partial charge in [-0.3, -0.25) is 0 Å². The van der Waals surface area contributed by atoms with Crippen molar-refractivity contribution in [2.75, 3.05) is 13.7 Å². The van der Waals surface area contributed by atoms with Crippen LogP contribution < -0.4 is 10.1 Å². The third kappa shape index (κ3) is 3.38. The van der Waals surface area contributed by atoms with E-state index in [0.717, 1.165) is 12.3 Å². The van der Waals surface area contributed by atoms with Gasteiger partial charge in [0.1, 0.15) is 5.75 Å². The van der Waals surface area contributed by atoms with Gasteiger partial charge in [-0.1, -0.05) is 30.7 Å². The molecule has 1 aromatic rings. The van der Waals surface area contributed by atoms with Gasteiger partial charge in [-0.05, 0) is 56.3 Å². The van der Waals surface area contributed by atoms with Crippen molar-refractivity contribution < 1.29 is 4.74 Å². The number of benzene rings is 1. The highest BCUT2D eigenvalue weighted by atomic mass is 16.5. The van der Waals surface area contributed by atoms with Gasteiger partial charge in [0.05, 0.1) is 13.2 Å². The molecule has 2 heteroatoms. The van der Waals surface area contributed by atoms with Gasteiger partial charge in [0.2, 0.25) is 0 Å². The standard InChI is InChI=1S/C17H25NO/c1-4-18-17(14-8-6-5-7-9-14)15-11-10-13(2)16(12-15)19-3/h8,10-12,17-18H,4-7,9H2,1-3H3. The van der Waals surface area contributed by atoms with E-state index in [-0.39, 0.29) is 0 Å². The summed E-state index contributed by atoms with van der Waals surface area (Å²) in [5.41, 5.74) is 4.05. The van der Waals surface area contributed by atoms with Crippen LogP contribution in [0.5, 0.6) is 5.75 Å². The lowest BCUT2D eigenvalue weighted by Crippen LogP contribution is -2.23. The predicted octanol–water partition coefficient (Wildman–Crippen LogP) is 4.15. The van der Waals surface area contributed by atoms with E-state index in [1.807, 2.05) is 0 Å². The van der Waals surface area contributed by atoms with Gasteiger partial charge in [-0.25, -0.2) is 0 Å². The summed E-state index contributed by atoms with van der Waals surface area (Å²) in [5, 5.41) is 3.62. The Balaban J connectivity index is 2.30. The minimum atomic E-state index is 0.347. The first kappa shape index (κ1) is 14.1. The molecule has 1 unspecified atom stereocenters. The average Bonchev–Trinajstić information content (AvgIpc) is 2.46. The molecule has 1 N–H and O–H groups in total. The topological polar surface area (TPSA) is 21.3 Å². The molecule has 2 nitrogen and oxygen atoms in total. The van der Waals surface area contributed by atoms with Gasteiger partial charge in [-0.15, -0.1) is 0 Å². The Morgan fingerprint density at radius 3 is 2.79 bits per heavy atom. The molecule has 0 radical (unpaired) electrons. The molecule has 1 aromatic carbocycles. The van der Waals surface area contributed by atoms with Crippen LogP contribution in [0.3, 0.4) is 0 Å². The molecule has 1 aliphatic rings. The molecule has 19 heavy (non-hydrogen) atoms. The lowest BCUT2D eigenvalue weighted by Gasteiger charge is -2.25. The van der Waals surface area contributed by atoms with Crippen molar-refractivity contribution in [3.05, 3.63) is 41.0 Å². The van der Waals surface area contributed by atoms with Crippen molar-refractivity contribution in [3.63, 3.8) is 0 Å². The fraction of sp³-hybridized carbons (Fsp3) is 0.529. The summed E-state index contributed by atoms with van der Waals surface area (Å²) in [6.07, 6.45) is 7.51. The van der Waals surface area contributed by atoms with Gasteiger partial charge in [-0.2, -0.15) is 0 Å². The number of ether oxygens (including phenoxy) is 1. The minimum Gasteiger partial charge on any atom is -0.496 e. The van der Waals surface area contributed by atoms with Crippen molar-refractivity contribution in [3.8, 4) is 5.75 Å². The van der Waals surface area contributed by atoms with Crippen molar-refractivity contribution in [2.24, 2.45) is 0 Å². The molecule has 0 spiro atoms. The van der Waals surface area contributed by atoms with Gasteiger partial charge in [0.25, 0.3) is 0 Å². The summed E-state index contributed by atoms with van der Waals surface area (Å²) < 4.78 is 5.45. The number of likely N-dealkylation sites (N-methyl/N-ethyl adjacent to an activating group) is 1. The number of rotatable bonds is 5. The fourth-order valence-corrected chi connectivity index (χ4v) is 2.81. The lowest BCUT2D eigenvalue weighted by atomic mass is 9.89. The summed E-state index contributed by atoms with van der Waals surface area (Å²) in [4.78, 5) is 0. The first-order valence-electron chi connectivity index (χ1n) is 7.33. The Morgan fingerprint density at radius 2 is 2.16 bits per heavy atom. The largest absolute Gasteiger partial charge is 0.496 e. The second kappa shape index (κ2) is 6.76. The van der Waals surface area contributed by atoms with E-state index < -0.39 is 0 Å². The summed E-state index contributed by atoms with van der Waals surface area (Å²) in [5.74, 6) is 0.983. The van der Waals surface area contributed by atoms with E-state index >= 15 is 0 Å². The van der Waals surface area contributed by atoms with Crippen LogP contribution in [-0.4, -0.2) is 13.7 Å². The third-order valence-electron chi connectivity index (χ3n) is 3.87. The predicted molar refractivity (Wildman–Crippen MR) is 80.7 cm³/mol. The summed E-state index contributed by atoms with van der Waals surface area (Å²) >= 11 is 0. The molecule has 104 valence electrons. The summed E-state index contributed by atoms with van der Waals surface area (Å²) in [6, 6.07) is 6.90. The van der Waals surface area contributed by atoms with Crippen LogP contribution in [-0.2, 0) is 0 Å². The average molecular weight is 259 g/mol. The number of aryl methyl sites for hydroxylation is 1. The minimum absolute atomic E-state index is 0.347. The second-order valence-electron chi connectivity index (χ2n) is 5.24. The molecule has 0 saturated heterocycles. The Kier molecular flexibility index (Phi) is 5.03. The zero-order chi connectivity index (χ0) is 13.7. The monoisotopic (exact) mass is 259 g/mol. The van der Waals surface area contributed by atoms with Crippen LogP contribution in [0.2, 0.25) is 0 Å². The maximum absolute atomic E-state index is 5.45. The number of nitrogens with one attached hydrogen (secondary N) is 1. The SMILES string of the molecule is CCNC(C1=CCCCC1)c1ccc(C)c(OC)c1. The molecule has 2 rings (SSSR count). The lowest BCUT2D eigenvalue weighted by molar-refractivity contribution is 0.410. The molecular formula is C17H25NO. The first-order valence-corrected chi connectivity index (χ1v) is 7.33. The maximum atomic E-state index is 5.45. The van der Waals surface area contributed by atoms with Gasteiger partial charge in [0, 0.05) is 0 Å². The molecule has 0 bridgehead atoms. The van der Waals surface area contributed by atoms with Gasteiger partial charge >= 0.3 is 0 Å². The Labute approximate surface area is 116 Å². The van der Waals surface area contributed by atoms with Crippen LogP contribution in [0.1, 0.15) is 49.8 Å². The zero-order valence-electron chi connectivity index (χ0n) is 12.3. The number of hydrogen-bond donors (Lipinski definition) is 1. The molecule has 0 amide bonds. The molecule has 0 saturated carbocycles. The normalized spacial score (nSPS) is 16.9. The van der Waals surface area contributed by atoms with Crippen LogP contribution in [0.4, 0.5) is 0 Å². The van der Waals surface area contributed by atoms with Crippen LogP contribution in [0.25, 0.3) is 0 Å². The third-order valence-corrected chi connectivity index (χ3v) is 3.87. The summed E-state index contributed by atoms with van der Waals surface area (Å²) in [6.45, 7) is 5.24. The van der Waals surface area contributed by atoms with E-state index in [2.05, 4.69) is 43.4 Å². The summed E-state index contributed by atoms with van der Waals surface area (Å²) in [7, 11) is 1.74. The molecule has 1 aliphatic carbocycles. The molecule has 0 heterocycles. The fourth-order valence-electron chi connectivity index (χ4n) is 2.81. The van der Waals surface area contributed by atoms with Crippen molar-refractivity contribution in [1.82, 2.24) is 5.32 Å². The van der Waals surface area contributed by atoms with E-state index in [9.17, 15) is 0 Å². The molecular weight excluding hydrogens is 234 g/mol. The number of methoxy groups -OCH3 is 1. The van der Waals surface area contributed by atoms with Crippen LogP contribution in [0, 0.1) is 6.92 Å². The first-order chi connectivity index (χ1) is 9.26. The highest BCUT2D eigenvalue weighted by Gasteiger charge is 2.18. The number of hydrogen-bond acceptors (Lipinski definition) is 2. The van der Waals surface area contributed by atoms with Crippen LogP contribution >= 0.6 is 0 Å². The molecule has 0 aromatic heterocycles. The van der Waals surface area contributed by atoms with E-state index in [4.69, 9.17) is 4.74 Å². The number of allylic oxidation sites excluding steroid dienone is 1. The second-order valence-corrected chi connectivity index (χ2v) is 5.24. The molecule has 0 fully saturated rings. The highest BCUT2D eigenvalue weighted by Crippen LogP contribution is 2.32. The van der Waals surface area contributed by atoms with Gasteiger partial charge < -0.3 is 10.1 Å². The highest BCUT2D eigenvalue weighted by molar-refractivity contribution is 5.40. The van der Waals surface area contributed by atoms with E-state index in [0.29, 0.717) is 6.04 Å². The maximum Gasteiger partial charge on any atom is 0.122 e. The molecule has 1 atom stereocenters. The Morgan fingerprint density at radius 1 is 1.32 bits per heavy atom. The van der Waals surface area contributed by atoms with E-state index in [1.165, 1.54) is 36.8 Å². The van der Waals surface area contributed by atoms with Crippen LogP contribution in [0.15, 0.2) is 29.8 Å². The molecule has 0 aliphatic heterocycles. The Bertz CT molecular complexity index is 451. The smallest absolute Gasteiger partial charge is 0.122 e. The van der Waals surface area contributed by atoms with Crippen molar-refractivity contribution >= 4 is 0 Å². The van der Waals surface area contributed by atoms with E-state index in [1.54, 1.807) is 12.7 Å². The zero-order valence-corrected chi connectivity index (χ0v) is 12.3. The Hall–Kier alpha value is -1.28. The van der Waals surface area contributed by atoms with Gasteiger partial charge in [0.15, 0.2) is 0 Å². The van der Waals surface area contributed by atoms with Crippen molar-refractivity contribution in [1.29, 1.82) is 0 Å². The van der Waals surface area contributed by atoms with Crippen molar-refractivity contribution in [2.45, 2.75) is 45.6 Å².